The number of anilines is 1. The van der Waals surface area contributed by atoms with Crippen LogP contribution in [-0.2, 0) is 7.05 Å². The van der Waals surface area contributed by atoms with Crippen molar-refractivity contribution in [1.82, 2.24) is 24.8 Å². The van der Waals surface area contributed by atoms with Crippen LogP contribution in [-0.4, -0.2) is 57.6 Å². The summed E-state index contributed by atoms with van der Waals surface area (Å²) < 4.78 is 2.04. The number of rotatable bonds is 5. The first-order valence-corrected chi connectivity index (χ1v) is 9.20. The molecule has 0 spiro atoms. The molecule has 4 rings (SSSR count). The second-order valence-electron chi connectivity index (χ2n) is 7.64. The van der Waals surface area contributed by atoms with Crippen LogP contribution in [0.3, 0.4) is 0 Å². The number of imidazole rings is 1. The summed E-state index contributed by atoms with van der Waals surface area (Å²) in [5.41, 5.74) is 2.67. The summed E-state index contributed by atoms with van der Waals surface area (Å²) in [6.45, 7) is 3.67. The van der Waals surface area contributed by atoms with Crippen LogP contribution in [0.2, 0.25) is 0 Å². The van der Waals surface area contributed by atoms with Crippen molar-refractivity contribution in [3.63, 3.8) is 0 Å². The topological polar surface area (TPSA) is 75.1 Å². The highest BCUT2D eigenvalue weighted by Gasteiger charge is 2.35. The molecule has 2 fully saturated rings. The van der Waals surface area contributed by atoms with Crippen LogP contribution in [0.4, 0.5) is 5.82 Å². The van der Waals surface area contributed by atoms with E-state index in [1.807, 2.05) is 43.2 Å². The van der Waals surface area contributed by atoms with Gasteiger partial charge in [-0.2, -0.15) is 0 Å². The molecule has 0 bridgehead atoms. The van der Waals surface area contributed by atoms with E-state index < -0.39 is 0 Å². The lowest BCUT2D eigenvalue weighted by atomic mass is 9.99. The summed E-state index contributed by atoms with van der Waals surface area (Å²) in [6.07, 6.45) is 6.07. The van der Waals surface area contributed by atoms with Crippen molar-refractivity contribution >= 4 is 11.7 Å². The molecule has 1 aliphatic heterocycles. The lowest BCUT2D eigenvalue weighted by Gasteiger charge is -2.20. The molecular formula is C19H26N6O. The molecule has 2 aliphatic rings. The van der Waals surface area contributed by atoms with E-state index in [0.717, 1.165) is 30.3 Å². The summed E-state index contributed by atoms with van der Waals surface area (Å²) in [5, 5.41) is 6.62. The van der Waals surface area contributed by atoms with Gasteiger partial charge >= 0.3 is 0 Å². The first kappa shape index (κ1) is 17.0. The monoisotopic (exact) mass is 354 g/mol. The number of likely N-dealkylation sites (tertiary alicyclic amines) is 1. The molecule has 0 aromatic carbocycles. The van der Waals surface area contributed by atoms with Crippen molar-refractivity contribution in [2.24, 2.45) is 7.05 Å². The lowest BCUT2D eigenvalue weighted by molar-refractivity contribution is 0.0935. The lowest BCUT2D eigenvalue weighted by Crippen LogP contribution is -2.40. The average molecular weight is 354 g/mol. The van der Waals surface area contributed by atoms with E-state index in [1.54, 1.807) is 0 Å². The van der Waals surface area contributed by atoms with E-state index in [-0.39, 0.29) is 17.9 Å². The fourth-order valence-electron chi connectivity index (χ4n) is 3.73. The van der Waals surface area contributed by atoms with Crippen molar-refractivity contribution < 1.29 is 4.79 Å². The fraction of sp³-hybridized carbons (Fsp3) is 0.526. The van der Waals surface area contributed by atoms with Gasteiger partial charge in [0.25, 0.3) is 5.91 Å². The number of carbonyl (C=O) groups is 1. The fourth-order valence-corrected chi connectivity index (χ4v) is 3.73. The van der Waals surface area contributed by atoms with Gasteiger partial charge in [-0.3, -0.25) is 4.79 Å². The second-order valence-corrected chi connectivity index (χ2v) is 7.64. The van der Waals surface area contributed by atoms with Gasteiger partial charge in [-0.15, -0.1) is 0 Å². The van der Waals surface area contributed by atoms with Crippen LogP contribution < -0.4 is 10.6 Å². The molecule has 3 heterocycles. The molecule has 7 heteroatoms. The molecule has 1 saturated carbocycles. The Hall–Kier alpha value is -2.41. The van der Waals surface area contributed by atoms with Crippen LogP contribution in [0.15, 0.2) is 24.7 Å². The third-order valence-corrected chi connectivity index (χ3v) is 5.20. The molecule has 7 nitrogen and oxygen atoms in total. The highest BCUT2D eigenvalue weighted by Crippen LogP contribution is 2.27. The summed E-state index contributed by atoms with van der Waals surface area (Å²) >= 11 is 0. The van der Waals surface area contributed by atoms with Crippen LogP contribution >= 0.6 is 0 Å². The third-order valence-electron chi connectivity index (χ3n) is 5.20. The van der Waals surface area contributed by atoms with Gasteiger partial charge in [0.05, 0.1) is 12.4 Å². The Balaban J connectivity index is 1.51. The smallest absolute Gasteiger partial charge is 0.251 e. The Kier molecular flexibility index (Phi) is 4.40. The molecule has 2 N–H and O–H groups in total. The number of pyridine rings is 1. The van der Waals surface area contributed by atoms with Gasteiger partial charge in [0.15, 0.2) is 0 Å². The first-order valence-electron chi connectivity index (χ1n) is 9.20. The van der Waals surface area contributed by atoms with Gasteiger partial charge in [-0.1, -0.05) is 0 Å². The molecule has 138 valence electrons. The minimum absolute atomic E-state index is 0.0400. The van der Waals surface area contributed by atoms with Crippen LogP contribution in [0.1, 0.15) is 40.5 Å². The van der Waals surface area contributed by atoms with E-state index in [9.17, 15) is 4.79 Å². The van der Waals surface area contributed by atoms with E-state index in [4.69, 9.17) is 0 Å². The largest absolute Gasteiger partial charge is 0.367 e. The molecule has 2 aromatic heterocycles. The third kappa shape index (κ3) is 3.58. The van der Waals surface area contributed by atoms with Gasteiger partial charge in [0.2, 0.25) is 0 Å². The first-order chi connectivity index (χ1) is 12.5. The van der Waals surface area contributed by atoms with Crippen LogP contribution in [0, 0.1) is 6.92 Å². The zero-order chi connectivity index (χ0) is 18.3. The molecule has 0 radical (unpaired) electrons. The normalized spacial score (nSPS) is 23.2. The maximum absolute atomic E-state index is 12.9. The number of likely N-dealkylation sites (N-methyl/N-ethyl adjacent to an activating group) is 1. The van der Waals surface area contributed by atoms with Gasteiger partial charge in [0, 0.05) is 55.2 Å². The summed E-state index contributed by atoms with van der Waals surface area (Å²) in [5.74, 6) is 0.995. The maximum Gasteiger partial charge on any atom is 0.251 e. The molecule has 2 aromatic rings. The highest BCUT2D eigenvalue weighted by atomic mass is 16.1. The Bertz CT molecular complexity index is 812. The quantitative estimate of drug-likeness (QED) is 0.852. The second kappa shape index (κ2) is 6.72. The Morgan fingerprint density at radius 3 is 2.73 bits per heavy atom. The van der Waals surface area contributed by atoms with E-state index in [1.165, 1.54) is 12.8 Å². The molecule has 0 unspecified atom stereocenters. The summed E-state index contributed by atoms with van der Waals surface area (Å²) in [4.78, 5) is 23.9. The molecule has 1 saturated heterocycles. The van der Waals surface area contributed by atoms with Gasteiger partial charge < -0.3 is 20.1 Å². The number of amides is 1. The Morgan fingerprint density at radius 2 is 2.04 bits per heavy atom. The van der Waals surface area contributed by atoms with Crippen molar-refractivity contribution in [3.8, 4) is 0 Å². The van der Waals surface area contributed by atoms with Crippen molar-refractivity contribution in [2.45, 2.75) is 37.8 Å². The summed E-state index contributed by atoms with van der Waals surface area (Å²) in [6, 6.07) is 4.29. The summed E-state index contributed by atoms with van der Waals surface area (Å²) in [7, 11) is 4.09. The van der Waals surface area contributed by atoms with E-state index >= 15 is 0 Å². The molecule has 1 amide bonds. The average Bonchev–Trinajstić information content (AvgIpc) is 3.17. The molecule has 1 aliphatic carbocycles. The standard InChI is InChI=1S/C19H26N6O/c1-12-6-13(7-18(21-12)22-14-4-5-14)19(26)23-16-10-24(2)9-15(16)17-8-20-11-25(17)3/h6-8,11,14-16H,4-5,9-10H2,1-3H3,(H,21,22)(H,23,26)/t15-,16-/m1/s1. The van der Waals surface area contributed by atoms with Gasteiger partial charge in [0.1, 0.15) is 5.82 Å². The molecular weight excluding hydrogens is 328 g/mol. The Morgan fingerprint density at radius 1 is 1.23 bits per heavy atom. The SMILES string of the molecule is Cc1cc(C(=O)N[C@@H]2CN(C)C[C@H]2c2cncn2C)cc(NC2CC2)n1. The minimum Gasteiger partial charge on any atom is -0.367 e. The number of aryl methyl sites for hydroxylation is 2. The van der Waals surface area contributed by atoms with Crippen LogP contribution in [0.5, 0.6) is 0 Å². The zero-order valence-electron chi connectivity index (χ0n) is 15.6. The van der Waals surface area contributed by atoms with Crippen molar-refractivity contribution in [2.75, 3.05) is 25.5 Å². The predicted molar refractivity (Wildman–Crippen MR) is 100 cm³/mol. The van der Waals surface area contributed by atoms with Crippen molar-refractivity contribution in [3.05, 3.63) is 41.6 Å². The zero-order valence-corrected chi connectivity index (χ0v) is 15.6. The number of carbonyl (C=O) groups excluding carboxylic acids is 1. The molecule has 26 heavy (non-hydrogen) atoms. The highest BCUT2D eigenvalue weighted by molar-refractivity contribution is 5.95. The molecule has 2 atom stereocenters. The predicted octanol–water partition coefficient (Wildman–Crippen LogP) is 1.53. The Labute approximate surface area is 153 Å². The van der Waals surface area contributed by atoms with Crippen molar-refractivity contribution in [1.29, 1.82) is 0 Å². The van der Waals surface area contributed by atoms with Gasteiger partial charge in [-0.05, 0) is 38.9 Å². The van der Waals surface area contributed by atoms with Gasteiger partial charge in [-0.25, -0.2) is 9.97 Å². The van der Waals surface area contributed by atoms with Crippen LogP contribution in [0.25, 0.3) is 0 Å². The number of aromatic nitrogens is 3. The number of nitrogens with zero attached hydrogens (tertiary/aromatic N) is 4. The maximum atomic E-state index is 12.9. The van der Waals surface area contributed by atoms with E-state index in [2.05, 4.69) is 32.5 Å². The number of hydrogen-bond donors (Lipinski definition) is 2. The van der Waals surface area contributed by atoms with E-state index in [0.29, 0.717) is 11.6 Å². The number of hydrogen-bond acceptors (Lipinski definition) is 5. The minimum atomic E-state index is -0.0400. The number of nitrogens with one attached hydrogen (secondary N) is 2.